The van der Waals surface area contributed by atoms with Crippen molar-refractivity contribution in [3.05, 3.63) is 23.5 Å². The molecule has 58 valence electrons. The zero-order valence-electron chi connectivity index (χ0n) is 6.51. The van der Waals surface area contributed by atoms with Crippen LogP contribution in [0.1, 0.15) is 19.3 Å². The number of allylic oxidation sites excluding steroid dienone is 2. The summed E-state index contributed by atoms with van der Waals surface area (Å²) in [5, 5.41) is 3.37. The van der Waals surface area contributed by atoms with E-state index in [9.17, 15) is 0 Å². The Bertz CT molecular complexity index is 236. The lowest BCUT2D eigenvalue weighted by Crippen LogP contribution is -2.20. The molecule has 0 radical (unpaired) electrons. The van der Waals surface area contributed by atoms with E-state index in [0.717, 1.165) is 13.0 Å². The van der Waals surface area contributed by atoms with Gasteiger partial charge in [-0.3, -0.25) is 4.99 Å². The summed E-state index contributed by atoms with van der Waals surface area (Å²) < 4.78 is 0. The van der Waals surface area contributed by atoms with Crippen LogP contribution in [-0.4, -0.2) is 12.8 Å². The van der Waals surface area contributed by atoms with Crippen LogP contribution in [0.4, 0.5) is 0 Å². The molecule has 0 amide bonds. The Morgan fingerprint density at radius 3 is 3.45 bits per heavy atom. The van der Waals surface area contributed by atoms with E-state index in [1.54, 1.807) is 0 Å². The first-order valence-corrected chi connectivity index (χ1v) is 4.11. The third kappa shape index (κ3) is 1.34. The van der Waals surface area contributed by atoms with Gasteiger partial charge in [-0.05, 0) is 24.5 Å². The fourth-order valence-corrected chi connectivity index (χ4v) is 1.51. The van der Waals surface area contributed by atoms with Gasteiger partial charge in [0.1, 0.15) is 0 Å². The van der Waals surface area contributed by atoms with E-state index in [2.05, 4.69) is 16.4 Å². The van der Waals surface area contributed by atoms with Crippen molar-refractivity contribution in [3.8, 4) is 0 Å². The standard InChI is InChI=1S/C9H12N2/c1-2-8-3-6-10-7-4-9(8)11-5-1/h4,6-7,11H,1-3,5H2. The van der Waals surface area contributed by atoms with Gasteiger partial charge in [0, 0.05) is 31.1 Å². The quantitative estimate of drug-likeness (QED) is 0.554. The molecule has 0 fully saturated rings. The SMILES string of the molecule is C1=CC2=C(CC=N1)CCCN2. The van der Waals surface area contributed by atoms with Gasteiger partial charge in [-0.1, -0.05) is 0 Å². The third-order valence-electron chi connectivity index (χ3n) is 2.12. The second kappa shape index (κ2) is 2.91. The Kier molecular flexibility index (Phi) is 1.76. The number of nitrogens with one attached hydrogen (secondary N) is 1. The molecule has 0 aromatic carbocycles. The van der Waals surface area contributed by atoms with Gasteiger partial charge in [-0.15, -0.1) is 0 Å². The molecular formula is C9H12N2. The minimum Gasteiger partial charge on any atom is -0.385 e. The van der Waals surface area contributed by atoms with Gasteiger partial charge in [0.15, 0.2) is 0 Å². The Morgan fingerprint density at radius 2 is 2.45 bits per heavy atom. The van der Waals surface area contributed by atoms with Gasteiger partial charge >= 0.3 is 0 Å². The minimum atomic E-state index is 1.02. The number of rotatable bonds is 0. The van der Waals surface area contributed by atoms with Crippen molar-refractivity contribution in [2.45, 2.75) is 19.3 Å². The maximum atomic E-state index is 4.11. The predicted molar refractivity (Wildman–Crippen MR) is 46.5 cm³/mol. The molecule has 2 aliphatic rings. The van der Waals surface area contributed by atoms with Crippen molar-refractivity contribution in [1.82, 2.24) is 5.32 Å². The summed E-state index contributed by atoms with van der Waals surface area (Å²) in [5.74, 6) is 0. The van der Waals surface area contributed by atoms with Crippen LogP contribution in [0.25, 0.3) is 0 Å². The van der Waals surface area contributed by atoms with Crippen LogP contribution in [0.3, 0.4) is 0 Å². The Balaban J connectivity index is 2.26. The highest BCUT2D eigenvalue weighted by molar-refractivity contribution is 5.64. The number of hydrogen-bond donors (Lipinski definition) is 1. The maximum Gasteiger partial charge on any atom is 0.0351 e. The number of hydrogen-bond acceptors (Lipinski definition) is 2. The molecule has 0 spiro atoms. The van der Waals surface area contributed by atoms with Crippen LogP contribution in [-0.2, 0) is 0 Å². The van der Waals surface area contributed by atoms with E-state index in [1.165, 1.54) is 24.1 Å². The number of nitrogens with zero attached hydrogens (tertiary/aromatic N) is 1. The largest absolute Gasteiger partial charge is 0.385 e. The monoisotopic (exact) mass is 148 g/mol. The topological polar surface area (TPSA) is 24.4 Å². The molecular weight excluding hydrogens is 136 g/mol. The maximum absolute atomic E-state index is 4.11. The molecule has 11 heavy (non-hydrogen) atoms. The first-order chi connectivity index (χ1) is 5.47. The van der Waals surface area contributed by atoms with Crippen LogP contribution < -0.4 is 5.32 Å². The van der Waals surface area contributed by atoms with Crippen LogP contribution >= 0.6 is 0 Å². The smallest absolute Gasteiger partial charge is 0.0351 e. The van der Waals surface area contributed by atoms with Gasteiger partial charge in [0.2, 0.25) is 0 Å². The summed E-state index contributed by atoms with van der Waals surface area (Å²) in [6, 6.07) is 0. The molecule has 2 aliphatic heterocycles. The molecule has 0 bridgehead atoms. The summed E-state index contributed by atoms with van der Waals surface area (Å²) in [6.07, 6.45) is 9.43. The van der Waals surface area contributed by atoms with E-state index >= 15 is 0 Å². The fourth-order valence-electron chi connectivity index (χ4n) is 1.51. The Hall–Kier alpha value is -1.05. The lowest BCUT2D eigenvalue weighted by Gasteiger charge is -2.17. The average Bonchev–Trinajstić information content (AvgIpc) is 2.28. The van der Waals surface area contributed by atoms with E-state index in [-0.39, 0.29) is 0 Å². The second-order valence-corrected chi connectivity index (χ2v) is 2.90. The summed E-state index contributed by atoms with van der Waals surface area (Å²) in [6.45, 7) is 1.11. The van der Waals surface area contributed by atoms with Crippen LogP contribution in [0, 0.1) is 0 Å². The first-order valence-electron chi connectivity index (χ1n) is 4.11. The molecule has 0 aromatic heterocycles. The van der Waals surface area contributed by atoms with Crippen molar-refractivity contribution in [3.63, 3.8) is 0 Å². The molecule has 0 saturated carbocycles. The number of aliphatic imine (C=N–C) groups is 1. The van der Waals surface area contributed by atoms with Crippen LogP contribution in [0.15, 0.2) is 28.5 Å². The molecule has 0 atom stereocenters. The highest BCUT2D eigenvalue weighted by Crippen LogP contribution is 2.19. The summed E-state index contributed by atoms with van der Waals surface area (Å²) >= 11 is 0. The van der Waals surface area contributed by atoms with Gasteiger partial charge in [0.05, 0.1) is 0 Å². The van der Waals surface area contributed by atoms with E-state index in [4.69, 9.17) is 0 Å². The van der Waals surface area contributed by atoms with E-state index < -0.39 is 0 Å². The molecule has 2 rings (SSSR count). The molecule has 1 N–H and O–H groups in total. The average molecular weight is 148 g/mol. The summed E-state index contributed by atoms with van der Waals surface area (Å²) in [4.78, 5) is 4.11. The zero-order chi connectivity index (χ0) is 7.52. The van der Waals surface area contributed by atoms with Gasteiger partial charge < -0.3 is 5.32 Å². The molecule has 0 aromatic rings. The lowest BCUT2D eigenvalue weighted by molar-refractivity contribution is 0.670. The summed E-state index contributed by atoms with van der Waals surface area (Å²) in [5.41, 5.74) is 2.81. The van der Waals surface area contributed by atoms with Crippen LogP contribution in [0.2, 0.25) is 0 Å². The lowest BCUT2D eigenvalue weighted by atomic mass is 10.0. The van der Waals surface area contributed by atoms with Gasteiger partial charge in [-0.25, -0.2) is 0 Å². The highest BCUT2D eigenvalue weighted by Gasteiger charge is 2.09. The predicted octanol–water partition coefficient (Wildman–Crippen LogP) is 1.61. The molecule has 2 heteroatoms. The Labute approximate surface area is 66.7 Å². The van der Waals surface area contributed by atoms with Crippen LogP contribution in [0.5, 0.6) is 0 Å². The highest BCUT2D eigenvalue weighted by atomic mass is 14.9. The second-order valence-electron chi connectivity index (χ2n) is 2.90. The summed E-state index contributed by atoms with van der Waals surface area (Å²) in [7, 11) is 0. The van der Waals surface area contributed by atoms with Crippen molar-refractivity contribution in [1.29, 1.82) is 0 Å². The van der Waals surface area contributed by atoms with Gasteiger partial charge in [-0.2, -0.15) is 0 Å². The van der Waals surface area contributed by atoms with E-state index in [1.807, 2.05) is 12.4 Å². The fraction of sp³-hybridized carbons (Fsp3) is 0.444. The Morgan fingerprint density at radius 1 is 1.45 bits per heavy atom. The molecule has 0 unspecified atom stereocenters. The molecule has 2 nitrogen and oxygen atoms in total. The van der Waals surface area contributed by atoms with E-state index in [0.29, 0.717) is 0 Å². The van der Waals surface area contributed by atoms with Crippen molar-refractivity contribution < 1.29 is 0 Å². The molecule has 2 heterocycles. The van der Waals surface area contributed by atoms with Crippen molar-refractivity contribution >= 4 is 6.21 Å². The molecule has 0 aliphatic carbocycles. The van der Waals surface area contributed by atoms with Crippen molar-refractivity contribution in [2.75, 3.05) is 6.54 Å². The molecule has 0 saturated heterocycles. The third-order valence-corrected chi connectivity index (χ3v) is 2.12. The zero-order valence-corrected chi connectivity index (χ0v) is 6.51. The minimum absolute atomic E-state index is 1.02. The van der Waals surface area contributed by atoms with Gasteiger partial charge in [0.25, 0.3) is 0 Å². The normalized spacial score (nSPS) is 22.5. The van der Waals surface area contributed by atoms with Crippen molar-refractivity contribution in [2.24, 2.45) is 4.99 Å². The first kappa shape index (κ1) is 6.65.